The lowest BCUT2D eigenvalue weighted by Gasteiger charge is -2.41. The van der Waals surface area contributed by atoms with Gasteiger partial charge in [-0.25, -0.2) is 4.79 Å². The van der Waals surface area contributed by atoms with Crippen molar-refractivity contribution in [1.82, 2.24) is 14.7 Å². The number of hydrogen-bond donors (Lipinski definition) is 2. The Morgan fingerprint density at radius 3 is 2.65 bits per heavy atom. The second-order valence-electron chi connectivity index (χ2n) is 8.58. The lowest BCUT2D eigenvalue weighted by atomic mass is 9.86. The number of carbonyl (C=O) groups is 2. The van der Waals surface area contributed by atoms with Gasteiger partial charge in [-0.2, -0.15) is 10.4 Å². The number of nitrogens with zero attached hydrogens (tertiary/aromatic N) is 4. The molecule has 2 amide bonds. The lowest BCUT2D eigenvalue weighted by Crippen LogP contribution is -2.49. The van der Waals surface area contributed by atoms with Crippen LogP contribution in [0, 0.1) is 16.7 Å². The molecule has 1 saturated heterocycles. The molecule has 0 radical (unpaired) electrons. The van der Waals surface area contributed by atoms with E-state index in [1.807, 2.05) is 0 Å². The normalized spacial score (nSPS) is 21.9. The largest absolute Gasteiger partial charge is 0.489 e. The number of piperidine rings is 1. The molecule has 2 heterocycles. The van der Waals surface area contributed by atoms with E-state index in [0.29, 0.717) is 42.0 Å². The Morgan fingerprint density at radius 1 is 1.35 bits per heavy atom. The minimum atomic E-state index is -0.881. The number of rotatable bonds is 6. The van der Waals surface area contributed by atoms with Gasteiger partial charge in [-0.15, -0.1) is 0 Å². The van der Waals surface area contributed by atoms with Gasteiger partial charge in [0.1, 0.15) is 24.1 Å². The van der Waals surface area contributed by atoms with Gasteiger partial charge < -0.3 is 20.5 Å². The second kappa shape index (κ2) is 7.95. The van der Waals surface area contributed by atoms with E-state index >= 15 is 0 Å². The fraction of sp³-hybridized carbons (Fsp3) is 0.455. The molecule has 2 aromatic rings. The number of carboxylic acid groups (broad SMARTS) is 1. The third-order valence-electron chi connectivity index (χ3n) is 6.52. The summed E-state index contributed by atoms with van der Waals surface area (Å²) in [6, 6.07) is 8.61. The van der Waals surface area contributed by atoms with Crippen LogP contribution in [-0.2, 0) is 6.61 Å². The summed E-state index contributed by atoms with van der Waals surface area (Å²) in [6.45, 7) is 2.73. The highest BCUT2D eigenvalue weighted by Gasteiger charge is 2.51. The molecule has 2 aliphatic rings. The van der Waals surface area contributed by atoms with Crippen LogP contribution >= 0.6 is 0 Å². The molecule has 31 heavy (non-hydrogen) atoms. The quantitative estimate of drug-likeness (QED) is 0.733. The zero-order valence-electron chi connectivity index (χ0n) is 17.3. The summed E-state index contributed by atoms with van der Waals surface area (Å²) in [5.41, 5.74) is 6.75. The van der Waals surface area contributed by atoms with Crippen molar-refractivity contribution in [1.29, 1.82) is 5.26 Å². The van der Waals surface area contributed by atoms with Crippen molar-refractivity contribution in [3.8, 4) is 11.8 Å². The second-order valence-corrected chi connectivity index (χ2v) is 8.58. The molecule has 1 aliphatic heterocycles. The first-order valence-electron chi connectivity index (χ1n) is 10.3. The monoisotopic (exact) mass is 423 g/mol. The maximum absolute atomic E-state index is 11.7. The number of hydrogen-bond acceptors (Lipinski definition) is 5. The molecule has 1 aromatic carbocycles. The average Bonchev–Trinajstić information content (AvgIpc) is 3.38. The Kier molecular flexibility index (Phi) is 5.31. The Bertz CT molecular complexity index is 1040. The van der Waals surface area contributed by atoms with Crippen molar-refractivity contribution >= 4 is 12.0 Å². The van der Waals surface area contributed by atoms with Gasteiger partial charge in [0.15, 0.2) is 0 Å². The Hall–Kier alpha value is -3.54. The highest BCUT2D eigenvalue weighted by Crippen LogP contribution is 2.53. The van der Waals surface area contributed by atoms with Crippen LogP contribution in [0.3, 0.4) is 0 Å². The van der Waals surface area contributed by atoms with Crippen molar-refractivity contribution < 1.29 is 19.4 Å². The van der Waals surface area contributed by atoms with E-state index in [1.54, 1.807) is 40.0 Å². The number of benzene rings is 1. The molecule has 1 saturated carbocycles. The molecule has 162 valence electrons. The highest BCUT2D eigenvalue weighted by atomic mass is 16.5. The van der Waals surface area contributed by atoms with Gasteiger partial charge in [-0.3, -0.25) is 9.48 Å². The van der Waals surface area contributed by atoms with Gasteiger partial charge >= 0.3 is 6.09 Å². The number of amides is 2. The Balaban J connectivity index is 1.48. The number of likely N-dealkylation sites (tertiary alicyclic amines) is 1. The van der Waals surface area contributed by atoms with Gasteiger partial charge in [-0.05, 0) is 55.4 Å². The van der Waals surface area contributed by atoms with Gasteiger partial charge in [0, 0.05) is 23.7 Å². The van der Waals surface area contributed by atoms with E-state index in [9.17, 15) is 20.0 Å². The molecule has 9 nitrogen and oxygen atoms in total. The zero-order chi connectivity index (χ0) is 22.2. The van der Waals surface area contributed by atoms with Crippen molar-refractivity contribution in [2.45, 2.75) is 51.3 Å². The fourth-order valence-electron chi connectivity index (χ4n) is 4.37. The molecule has 3 N–H and O–H groups in total. The van der Waals surface area contributed by atoms with Gasteiger partial charge in [0.2, 0.25) is 5.91 Å². The van der Waals surface area contributed by atoms with E-state index in [1.165, 1.54) is 0 Å². The maximum atomic E-state index is 11.7. The molecular weight excluding hydrogens is 398 g/mol. The van der Waals surface area contributed by atoms with Crippen molar-refractivity contribution in [2.75, 3.05) is 6.54 Å². The van der Waals surface area contributed by atoms with Crippen LogP contribution in [-0.4, -0.2) is 44.4 Å². The Morgan fingerprint density at radius 2 is 2.06 bits per heavy atom. The summed E-state index contributed by atoms with van der Waals surface area (Å²) in [6.07, 6.45) is 4.05. The molecule has 0 spiro atoms. The van der Waals surface area contributed by atoms with Crippen molar-refractivity contribution in [3.05, 3.63) is 47.3 Å². The summed E-state index contributed by atoms with van der Waals surface area (Å²) < 4.78 is 7.49. The average molecular weight is 423 g/mol. The molecule has 2 unspecified atom stereocenters. The predicted molar refractivity (Wildman–Crippen MR) is 110 cm³/mol. The third-order valence-corrected chi connectivity index (χ3v) is 6.52. The fourth-order valence-corrected chi connectivity index (χ4v) is 4.37. The molecule has 2 fully saturated rings. The SMILES string of the molecule is CC1(C2CC(n3ncc(COc4ccc(C(N)=O)cc4)c3C#N)CCN2C(=O)O)CC1. The number of nitriles is 1. The first-order chi connectivity index (χ1) is 14.8. The van der Waals surface area contributed by atoms with Crippen LogP contribution in [0.2, 0.25) is 0 Å². The molecular formula is C22H25N5O4. The van der Waals surface area contributed by atoms with Gasteiger partial charge in [-0.1, -0.05) is 6.92 Å². The number of aromatic nitrogens is 2. The Labute approximate surface area is 180 Å². The smallest absolute Gasteiger partial charge is 0.407 e. The topological polar surface area (TPSA) is 134 Å². The van der Waals surface area contributed by atoms with Crippen LogP contribution in [0.4, 0.5) is 4.79 Å². The van der Waals surface area contributed by atoms with Crippen LogP contribution in [0.15, 0.2) is 30.5 Å². The van der Waals surface area contributed by atoms with E-state index in [-0.39, 0.29) is 24.1 Å². The van der Waals surface area contributed by atoms with Crippen LogP contribution < -0.4 is 10.5 Å². The standard InChI is InChI=1S/C22H25N5O4/c1-22(7-8-22)19-10-16(6-9-26(19)21(29)30)27-18(11-23)15(12-25-27)13-31-17-4-2-14(3-5-17)20(24)28/h2-5,12,16,19H,6-10,13H2,1H3,(H2,24,28)(H,29,30). The summed E-state index contributed by atoms with van der Waals surface area (Å²) in [5, 5.41) is 23.8. The van der Waals surface area contributed by atoms with Crippen LogP contribution in [0.25, 0.3) is 0 Å². The molecule has 4 rings (SSSR count). The summed E-state index contributed by atoms with van der Waals surface area (Å²) in [5.74, 6) is 0.0463. The molecule has 1 aromatic heterocycles. The molecule has 9 heteroatoms. The van der Waals surface area contributed by atoms with E-state index in [0.717, 1.165) is 12.8 Å². The van der Waals surface area contributed by atoms with Crippen molar-refractivity contribution in [2.24, 2.45) is 11.1 Å². The van der Waals surface area contributed by atoms with Crippen LogP contribution in [0.1, 0.15) is 60.3 Å². The predicted octanol–water partition coefficient (Wildman–Crippen LogP) is 2.92. The highest BCUT2D eigenvalue weighted by molar-refractivity contribution is 5.92. The summed E-state index contributed by atoms with van der Waals surface area (Å²) in [7, 11) is 0. The lowest BCUT2D eigenvalue weighted by molar-refractivity contribution is 0.0605. The number of carbonyl (C=O) groups excluding carboxylic acids is 1. The van der Waals surface area contributed by atoms with Crippen molar-refractivity contribution in [3.63, 3.8) is 0 Å². The number of nitrogens with two attached hydrogens (primary N) is 1. The van der Waals surface area contributed by atoms with Crippen LogP contribution in [0.5, 0.6) is 5.75 Å². The third kappa shape index (κ3) is 4.06. The van der Waals surface area contributed by atoms with E-state index in [4.69, 9.17) is 10.5 Å². The first-order valence-corrected chi connectivity index (χ1v) is 10.3. The van der Waals surface area contributed by atoms with Gasteiger partial charge in [0.25, 0.3) is 0 Å². The van der Waals surface area contributed by atoms with Gasteiger partial charge in [0.05, 0.1) is 12.2 Å². The first kappa shape index (κ1) is 20.7. The molecule has 0 bridgehead atoms. The molecule has 2 atom stereocenters. The van der Waals surface area contributed by atoms with E-state index < -0.39 is 12.0 Å². The maximum Gasteiger partial charge on any atom is 0.407 e. The minimum Gasteiger partial charge on any atom is -0.489 e. The zero-order valence-corrected chi connectivity index (χ0v) is 17.3. The minimum absolute atomic E-state index is 0.0139. The number of primary amides is 1. The summed E-state index contributed by atoms with van der Waals surface area (Å²) in [4.78, 5) is 24.4. The summed E-state index contributed by atoms with van der Waals surface area (Å²) >= 11 is 0. The molecule has 1 aliphatic carbocycles. The van der Waals surface area contributed by atoms with E-state index in [2.05, 4.69) is 18.1 Å². The number of ether oxygens (including phenoxy) is 1.